The lowest BCUT2D eigenvalue weighted by molar-refractivity contribution is -0.393. The molecule has 14 heteroatoms. The van der Waals surface area contributed by atoms with Gasteiger partial charge in [-0.3, -0.25) is 20.2 Å². The number of carboxylic acids is 1. The molecule has 2 aromatic carbocycles. The van der Waals surface area contributed by atoms with Gasteiger partial charge in [-0.15, -0.1) is 0 Å². The van der Waals surface area contributed by atoms with Gasteiger partial charge in [0.2, 0.25) is 0 Å². The number of benzene rings is 2. The molecule has 0 fully saturated rings. The Balaban J connectivity index is 2.62. The van der Waals surface area contributed by atoms with Crippen LogP contribution in [0.2, 0.25) is 0 Å². The van der Waals surface area contributed by atoms with Gasteiger partial charge < -0.3 is 15.2 Å². The second kappa shape index (κ2) is 7.95. The topological polar surface area (TPSA) is 145 Å². The molecule has 0 spiro atoms. The number of nitro benzene ring substituents is 2. The van der Waals surface area contributed by atoms with Gasteiger partial charge in [-0.05, 0) is 12.1 Å². The summed E-state index contributed by atoms with van der Waals surface area (Å²) in [6.45, 7) is 0. The quantitative estimate of drug-likeness (QED) is 0.368. The first-order valence-corrected chi connectivity index (χ1v) is 7.35. The molecule has 0 aliphatic carbocycles. The predicted molar refractivity (Wildman–Crippen MR) is 88.0 cm³/mol. The van der Waals surface area contributed by atoms with Crippen molar-refractivity contribution in [1.82, 2.24) is 0 Å². The second-order valence-electron chi connectivity index (χ2n) is 5.29. The number of carbonyl (C=O) groups is 1. The average Bonchev–Trinajstić information content (AvgIpc) is 2.62. The highest BCUT2D eigenvalue weighted by molar-refractivity contribution is 5.99. The highest BCUT2D eigenvalue weighted by atomic mass is 19.3. The Morgan fingerprint density at radius 1 is 1.14 bits per heavy atom. The third-order valence-corrected chi connectivity index (χ3v) is 3.39. The Morgan fingerprint density at radius 2 is 1.76 bits per heavy atom. The number of anilines is 2. The number of hydrogen-bond acceptors (Lipinski definition) is 7. The molecule has 0 radical (unpaired) electrons. The lowest BCUT2D eigenvalue weighted by atomic mass is 10.1. The Hall–Kier alpha value is -3.97. The molecule has 0 saturated carbocycles. The van der Waals surface area contributed by atoms with Gasteiger partial charge in [0.15, 0.2) is 0 Å². The zero-order valence-electron chi connectivity index (χ0n) is 13.8. The molecule has 0 amide bonds. The number of ether oxygens (including phenoxy) is 1. The van der Waals surface area contributed by atoms with E-state index in [9.17, 15) is 47.7 Å². The van der Waals surface area contributed by atoms with E-state index >= 15 is 0 Å². The number of nitrogens with one attached hydrogen (secondary N) is 1. The summed E-state index contributed by atoms with van der Waals surface area (Å²) in [5, 5.41) is 33.6. The molecule has 0 bridgehead atoms. The number of aromatic carboxylic acids is 1. The molecular weight excluding hydrogens is 410 g/mol. The standard InChI is InChI=1S/C15H9F4N3O7/c16-14(17)15(18,19)29-11-4-2-1-3-9(11)20-12-8(13(23)24)5-7(21(25)26)6-10(12)22(27)28/h1-6,14,20H,(H,23,24). The molecule has 0 saturated heterocycles. The molecule has 0 aromatic heterocycles. The van der Waals surface area contributed by atoms with E-state index in [1.807, 2.05) is 0 Å². The van der Waals surface area contributed by atoms with Crippen LogP contribution < -0.4 is 10.1 Å². The maximum absolute atomic E-state index is 13.2. The van der Waals surface area contributed by atoms with E-state index in [1.165, 1.54) is 6.07 Å². The summed E-state index contributed by atoms with van der Waals surface area (Å²) in [7, 11) is 0. The van der Waals surface area contributed by atoms with E-state index in [2.05, 4.69) is 10.1 Å². The maximum atomic E-state index is 13.2. The number of halogens is 4. The number of carboxylic acid groups (broad SMARTS) is 1. The van der Waals surface area contributed by atoms with Crippen molar-refractivity contribution in [2.75, 3.05) is 5.32 Å². The monoisotopic (exact) mass is 419 g/mol. The zero-order chi connectivity index (χ0) is 21.9. The minimum Gasteiger partial charge on any atom is -0.478 e. The van der Waals surface area contributed by atoms with Crippen LogP contribution in [0.15, 0.2) is 36.4 Å². The number of nitro groups is 2. The highest BCUT2D eigenvalue weighted by Gasteiger charge is 2.44. The van der Waals surface area contributed by atoms with Crippen LogP contribution in [0, 0.1) is 20.2 Å². The number of rotatable bonds is 8. The lowest BCUT2D eigenvalue weighted by Gasteiger charge is -2.20. The Morgan fingerprint density at radius 3 is 2.28 bits per heavy atom. The van der Waals surface area contributed by atoms with Gasteiger partial charge in [-0.25, -0.2) is 4.79 Å². The first kappa shape index (κ1) is 21.3. The minimum atomic E-state index is -4.91. The SMILES string of the molecule is O=C(O)c1cc([N+](=O)[O-])cc([N+](=O)[O-])c1Nc1ccccc1OC(F)(F)C(F)F. The smallest absolute Gasteiger partial charge is 0.461 e. The molecule has 154 valence electrons. The fourth-order valence-corrected chi connectivity index (χ4v) is 2.15. The summed E-state index contributed by atoms with van der Waals surface area (Å²) in [5.41, 5.74) is -4.22. The number of para-hydroxylation sites is 2. The molecule has 2 N–H and O–H groups in total. The Kier molecular flexibility index (Phi) is 5.85. The fourth-order valence-electron chi connectivity index (χ4n) is 2.15. The molecule has 2 rings (SSSR count). The Bertz CT molecular complexity index is 949. The minimum absolute atomic E-state index is 0.450. The van der Waals surface area contributed by atoms with Gasteiger partial charge in [-0.2, -0.15) is 17.6 Å². The zero-order valence-corrected chi connectivity index (χ0v) is 13.8. The van der Waals surface area contributed by atoms with Crippen LogP contribution >= 0.6 is 0 Å². The van der Waals surface area contributed by atoms with Gasteiger partial charge in [0.25, 0.3) is 11.4 Å². The number of hydrogen-bond donors (Lipinski definition) is 2. The molecule has 29 heavy (non-hydrogen) atoms. The van der Waals surface area contributed by atoms with Crippen LogP contribution in [-0.2, 0) is 0 Å². The number of non-ortho nitro benzene ring substituents is 1. The highest BCUT2D eigenvalue weighted by Crippen LogP contribution is 2.39. The molecule has 0 atom stereocenters. The van der Waals surface area contributed by atoms with Crippen molar-refractivity contribution in [3.8, 4) is 5.75 Å². The van der Waals surface area contributed by atoms with E-state index < -0.39 is 62.4 Å². The summed E-state index contributed by atoms with van der Waals surface area (Å²) in [5.74, 6) is -2.68. The molecule has 0 aliphatic rings. The molecule has 0 unspecified atom stereocenters. The maximum Gasteiger partial charge on any atom is 0.461 e. The van der Waals surface area contributed by atoms with Gasteiger partial charge in [0.05, 0.1) is 27.2 Å². The van der Waals surface area contributed by atoms with Crippen molar-refractivity contribution >= 4 is 28.7 Å². The first-order valence-electron chi connectivity index (χ1n) is 7.35. The second-order valence-corrected chi connectivity index (χ2v) is 5.29. The largest absolute Gasteiger partial charge is 0.478 e. The van der Waals surface area contributed by atoms with Crippen LogP contribution in [0.3, 0.4) is 0 Å². The van der Waals surface area contributed by atoms with Crippen molar-refractivity contribution in [1.29, 1.82) is 0 Å². The number of nitrogens with zero attached hydrogens (tertiary/aromatic N) is 2. The van der Waals surface area contributed by atoms with Gasteiger partial charge in [0, 0.05) is 6.07 Å². The van der Waals surface area contributed by atoms with Gasteiger partial charge in [0.1, 0.15) is 11.4 Å². The van der Waals surface area contributed by atoms with Crippen LogP contribution in [0.4, 0.5) is 40.3 Å². The van der Waals surface area contributed by atoms with E-state index in [0.717, 1.165) is 18.2 Å². The fraction of sp³-hybridized carbons (Fsp3) is 0.133. The van der Waals surface area contributed by atoms with E-state index in [0.29, 0.717) is 12.1 Å². The van der Waals surface area contributed by atoms with Crippen LogP contribution in [-0.4, -0.2) is 33.5 Å². The predicted octanol–water partition coefficient (Wildman–Crippen LogP) is 4.18. The summed E-state index contributed by atoms with van der Waals surface area (Å²) in [4.78, 5) is 31.4. The molecule has 2 aromatic rings. The summed E-state index contributed by atoms with van der Waals surface area (Å²) >= 11 is 0. The average molecular weight is 419 g/mol. The Labute approximate surface area is 157 Å². The van der Waals surface area contributed by atoms with E-state index in [1.54, 1.807) is 0 Å². The van der Waals surface area contributed by atoms with Crippen molar-refractivity contribution in [2.45, 2.75) is 12.5 Å². The van der Waals surface area contributed by atoms with E-state index in [4.69, 9.17) is 0 Å². The lowest BCUT2D eigenvalue weighted by Crippen LogP contribution is -2.33. The molecule has 10 nitrogen and oxygen atoms in total. The summed E-state index contributed by atoms with van der Waals surface area (Å²) in [6, 6.07) is 5.13. The van der Waals surface area contributed by atoms with Crippen molar-refractivity contribution in [3.05, 3.63) is 62.2 Å². The summed E-state index contributed by atoms with van der Waals surface area (Å²) < 4.78 is 55.2. The van der Waals surface area contributed by atoms with Crippen LogP contribution in [0.25, 0.3) is 0 Å². The summed E-state index contributed by atoms with van der Waals surface area (Å²) in [6.07, 6.45) is -9.10. The van der Waals surface area contributed by atoms with Crippen molar-refractivity contribution in [3.63, 3.8) is 0 Å². The van der Waals surface area contributed by atoms with E-state index in [-0.39, 0.29) is 0 Å². The van der Waals surface area contributed by atoms with Gasteiger partial charge in [-0.1, -0.05) is 12.1 Å². The third kappa shape index (κ3) is 4.66. The normalized spacial score (nSPS) is 11.2. The van der Waals surface area contributed by atoms with Gasteiger partial charge >= 0.3 is 18.5 Å². The third-order valence-electron chi connectivity index (χ3n) is 3.39. The van der Waals surface area contributed by atoms with Crippen molar-refractivity contribution < 1.29 is 42.0 Å². The van der Waals surface area contributed by atoms with Crippen LogP contribution in [0.5, 0.6) is 5.75 Å². The number of alkyl halides is 4. The molecule has 0 aliphatic heterocycles. The first-order chi connectivity index (χ1) is 13.4. The van der Waals surface area contributed by atoms with Crippen LogP contribution in [0.1, 0.15) is 10.4 Å². The van der Waals surface area contributed by atoms with Crippen molar-refractivity contribution in [2.24, 2.45) is 0 Å². The molecular formula is C15H9F4N3O7. The molecule has 0 heterocycles.